The predicted octanol–water partition coefficient (Wildman–Crippen LogP) is 3.55. The van der Waals surface area contributed by atoms with Crippen molar-refractivity contribution in [1.29, 1.82) is 0 Å². The molecule has 166 valence electrons. The monoisotopic (exact) mass is 433 g/mol. The lowest BCUT2D eigenvalue weighted by Crippen LogP contribution is -2.49. The normalized spacial score (nSPS) is 16.0. The minimum absolute atomic E-state index is 0.0660. The van der Waals surface area contributed by atoms with Gasteiger partial charge in [-0.1, -0.05) is 36.8 Å². The second-order valence-corrected chi connectivity index (χ2v) is 8.10. The third-order valence-electron chi connectivity index (χ3n) is 5.66. The number of ether oxygens (including phenoxy) is 1. The lowest BCUT2D eigenvalue weighted by Gasteiger charge is -2.25. The fourth-order valence-corrected chi connectivity index (χ4v) is 3.96. The summed E-state index contributed by atoms with van der Waals surface area (Å²) < 4.78 is 5.95. The zero-order valence-corrected chi connectivity index (χ0v) is 18.1. The number of benzene rings is 2. The molecule has 7 heteroatoms. The van der Waals surface area contributed by atoms with Gasteiger partial charge in [-0.3, -0.25) is 19.8 Å². The van der Waals surface area contributed by atoms with Crippen molar-refractivity contribution in [1.82, 2.24) is 15.4 Å². The van der Waals surface area contributed by atoms with Crippen LogP contribution in [0, 0.1) is 6.92 Å². The Hall–Kier alpha value is -3.29. The van der Waals surface area contributed by atoms with E-state index >= 15 is 0 Å². The highest BCUT2D eigenvalue weighted by molar-refractivity contribution is 5.97. The molecule has 0 bridgehead atoms. The average Bonchev–Trinajstić information content (AvgIpc) is 2.83. The molecule has 0 radical (unpaired) electrons. The van der Waals surface area contributed by atoms with E-state index in [4.69, 9.17) is 4.74 Å². The number of hydrogen-bond donors (Lipinski definition) is 2. The smallest absolute Gasteiger partial charge is 0.270 e. The van der Waals surface area contributed by atoms with Crippen molar-refractivity contribution in [2.45, 2.75) is 45.3 Å². The molecule has 1 fully saturated rings. The minimum Gasteiger partial charge on any atom is -0.489 e. The molecule has 3 aromatic rings. The van der Waals surface area contributed by atoms with Gasteiger partial charge in [0.15, 0.2) is 0 Å². The summed E-state index contributed by atoms with van der Waals surface area (Å²) in [4.78, 5) is 29.2. The van der Waals surface area contributed by atoms with Gasteiger partial charge < -0.3 is 10.1 Å². The molecule has 2 aromatic carbocycles. The number of hydrogen-bond acceptors (Lipinski definition) is 6. The van der Waals surface area contributed by atoms with Gasteiger partial charge in [-0.05, 0) is 56.1 Å². The van der Waals surface area contributed by atoms with Crippen molar-refractivity contribution in [2.24, 2.45) is 0 Å². The molecule has 7 nitrogen and oxygen atoms in total. The first-order chi connectivity index (χ1) is 15.5. The van der Waals surface area contributed by atoms with Crippen LogP contribution in [0.4, 0.5) is 0 Å². The second kappa shape index (κ2) is 9.89. The van der Waals surface area contributed by atoms with E-state index in [0.29, 0.717) is 24.3 Å². The average molecular weight is 434 g/mol. The highest BCUT2D eigenvalue weighted by Crippen LogP contribution is 2.21. The molecule has 1 atom stereocenters. The summed E-state index contributed by atoms with van der Waals surface area (Å²) in [5.74, 6) is -0.563. The Labute approximate surface area is 187 Å². The van der Waals surface area contributed by atoms with Gasteiger partial charge in [0.25, 0.3) is 11.8 Å². The Morgan fingerprint density at radius 3 is 2.69 bits per heavy atom. The Kier molecular flexibility index (Phi) is 6.78. The van der Waals surface area contributed by atoms with Crippen LogP contribution in [-0.2, 0) is 22.6 Å². The van der Waals surface area contributed by atoms with Crippen molar-refractivity contribution in [3.8, 4) is 5.75 Å². The third-order valence-corrected chi connectivity index (χ3v) is 5.66. The maximum atomic E-state index is 12.3. The Balaban J connectivity index is 1.35. The van der Waals surface area contributed by atoms with Gasteiger partial charge >= 0.3 is 0 Å². The third kappa shape index (κ3) is 5.12. The number of hydroxylamine groups is 2. The molecule has 0 spiro atoms. The van der Waals surface area contributed by atoms with E-state index in [1.165, 1.54) is 0 Å². The van der Waals surface area contributed by atoms with Gasteiger partial charge in [0.05, 0.1) is 18.0 Å². The highest BCUT2D eigenvalue weighted by atomic mass is 16.5. The van der Waals surface area contributed by atoms with E-state index in [1.54, 1.807) is 24.3 Å². The molecule has 1 aliphatic rings. The molecule has 2 N–H and O–H groups in total. The lowest BCUT2D eigenvalue weighted by molar-refractivity contribution is -0.180. The van der Waals surface area contributed by atoms with Gasteiger partial charge in [-0.15, -0.1) is 0 Å². The van der Waals surface area contributed by atoms with Crippen LogP contribution in [-0.4, -0.2) is 39.7 Å². The van der Waals surface area contributed by atoms with Gasteiger partial charge in [-0.25, -0.2) is 0 Å². The van der Waals surface area contributed by atoms with E-state index in [9.17, 15) is 14.8 Å². The van der Waals surface area contributed by atoms with Crippen LogP contribution in [0.25, 0.3) is 10.9 Å². The zero-order valence-electron chi connectivity index (χ0n) is 18.1. The first-order valence-corrected chi connectivity index (χ1v) is 10.9. The molecule has 4 rings (SSSR count). The molecule has 1 saturated heterocycles. The molecule has 2 amide bonds. The zero-order chi connectivity index (χ0) is 22.5. The molecule has 0 saturated carbocycles. The molecule has 0 unspecified atom stereocenters. The number of pyridine rings is 1. The first-order valence-electron chi connectivity index (χ1n) is 10.9. The maximum Gasteiger partial charge on any atom is 0.270 e. The number of aromatic nitrogens is 1. The van der Waals surface area contributed by atoms with Gasteiger partial charge in [0, 0.05) is 16.6 Å². The second-order valence-electron chi connectivity index (χ2n) is 8.10. The largest absolute Gasteiger partial charge is 0.489 e. The number of imide groups is 1. The molecule has 1 aromatic heterocycles. The van der Waals surface area contributed by atoms with Crippen LogP contribution in [0.1, 0.15) is 36.1 Å². The summed E-state index contributed by atoms with van der Waals surface area (Å²) in [6, 6.07) is 16.6. The summed E-state index contributed by atoms with van der Waals surface area (Å²) in [6.07, 6.45) is 2.46. The predicted molar refractivity (Wildman–Crippen MR) is 120 cm³/mol. The van der Waals surface area contributed by atoms with E-state index in [2.05, 4.69) is 10.3 Å². The number of nitrogens with zero attached hydrogens (tertiary/aromatic N) is 2. The van der Waals surface area contributed by atoms with Crippen molar-refractivity contribution < 1.29 is 19.5 Å². The summed E-state index contributed by atoms with van der Waals surface area (Å²) in [5, 5.41) is 14.4. The van der Waals surface area contributed by atoms with E-state index < -0.39 is 17.9 Å². The van der Waals surface area contributed by atoms with E-state index in [0.717, 1.165) is 41.5 Å². The molecule has 2 heterocycles. The summed E-state index contributed by atoms with van der Waals surface area (Å²) in [7, 11) is 0. The quantitative estimate of drug-likeness (QED) is 0.456. The number of nitrogens with one attached hydrogen (secondary N) is 1. The Morgan fingerprint density at radius 1 is 1.16 bits per heavy atom. The number of fused-ring (bicyclic) bond motifs is 1. The standard InChI is InChI=1S/C25H27N3O4/c1-17-14-19(21-6-2-3-7-22(21)27-17)16-32-20-11-9-18(10-12-20)15-24(29)28(31)25(30)23-8-4-5-13-26-23/h2-3,6-7,9-12,14,23,26,31H,4-5,8,13,15-16H2,1H3/t23-/m1/s1. The number of piperidine rings is 1. The number of para-hydroxylation sites is 1. The highest BCUT2D eigenvalue weighted by Gasteiger charge is 2.28. The van der Waals surface area contributed by atoms with E-state index in [1.807, 2.05) is 37.3 Å². The van der Waals surface area contributed by atoms with Crippen LogP contribution in [0.15, 0.2) is 54.6 Å². The van der Waals surface area contributed by atoms with Crippen molar-refractivity contribution in [2.75, 3.05) is 6.54 Å². The van der Waals surface area contributed by atoms with Crippen LogP contribution in [0.3, 0.4) is 0 Å². The van der Waals surface area contributed by atoms with Crippen LogP contribution >= 0.6 is 0 Å². The fourth-order valence-electron chi connectivity index (χ4n) is 3.96. The minimum atomic E-state index is -0.644. The van der Waals surface area contributed by atoms with Gasteiger partial charge in [0.2, 0.25) is 0 Å². The van der Waals surface area contributed by atoms with Crippen molar-refractivity contribution in [3.05, 3.63) is 71.4 Å². The number of aryl methyl sites for hydroxylation is 1. The SMILES string of the molecule is Cc1cc(COc2ccc(CC(=O)N(O)C(=O)[C@H]3CCCCN3)cc2)c2ccccc2n1. The summed E-state index contributed by atoms with van der Waals surface area (Å²) in [5.41, 5.74) is 3.61. The van der Waals surface area contributed by atoms with Crippen LogP contribution in [0.5, 0.6) is 5.75 Å². The topological polar surface area (TPSA) is 91.8 Å². The molecular formula is C25H27N3O4. The maximum absolute atomic E-state index is 12.3. The van der Waals surface area contributed by atoms with Crippen LogP contribution < -0.4 is 10.1 Å². The van der Waals surface area contributed by atoms with Gasteiger partial charge in [0.1, 0.15) is 12.4 Å². The fraction of sp³-hybridized carbons (Fsp3) is 0.320. The number of carbonyl (C=O) groups is 2. The summed E-state index contributed by atoms with van der Waals surface area (Å²) >= 11 is 0. The van der Waals surface area contributed by atoms with Crippen molar-refractivity contribution in [3.63, 3.8) is 0 Å². The Morgan fingerprint density at radius 2 is 1.94 bits per heavy atom. The van der Waals surface area contributed by atoms with Crippen molar-refractivity contribution >= 4 is 22.7 Å². The molecular weight excluding hydrogens is 406 g/mol. The first kappa shape index (κ1) is 21.9. The molecule has 0 aliphatic carbocycles. The number of carbonyl (C=O) groups excluding carboxylic acids is 2. The van der Waals surface area contributed by atoms with Crippen LogP contribution in [0.2, 0.25) is 0 Å². The lowest BCUT2D eigenvalue weighted by atomic mass is 10.0. The van der Waals surface area contributed by atoms with Gasteiger partial charge in [-0.2, -0.15) is 5.06 Å². The van der Waals surface area contributed by atoms with E-state index in [-0.39, 0.29) is 11.5 Å². The molecule has 1 aliphatic heterocycles. The number of rotatable bonds is 6. The molecule has 32 heavy (non-hydrogen) atoms. The number of amides is 2. The Bertz CT molecular complexity index is 1110. The summed E-state index contributed by atoms with van der Waals surface area (Å²) in [6.45, 7) is 3.07.